The summed E-state index contributed by atoms with van der Waals surface area (Å²) in [6, 6.07) is 11.5. The Hall–Kier alpha value is -0.780. The Balaban J connectivity index is 2.06. The molecule has 0 bridgehead atoms. The molecule has 1 atom stereocenters. The Kier molecular flexibility index (Phi) is 5.52. The number of rotatable bonds is 5. The third-order valence-corrected chi connectivity index (χ3v) is 4.17. The molecule has 0 aliphatic rings. The lowest BCUT2D eigenvalue weighted by Gasteiger charge is -2.14. The van der Waals surface area contributed by atoms with Crippen molar-refractivity contribution in [2.75, 3.05) is 13.2 Å². The van der Waals surface area contributed by atoms with Crippen LogP contribution in [-0.4, -0.2) is 19.4 Å². The summed E-state index contributed by atoms with van der Waals surface area (Å²) in [5.41, 5.74) is 0.895. The van der Waals surface area contributed by atoms with Crippen LogP contribution in [0.15, 0.2) is 40.9 Å². The second-order valence-electron chi connectivity index (χ2n) is 4.61. The number of benzene rings is 2. The highest BCUT2D eigenvalue weighted by molar-refractivity contribution is 9.10. The maximum absolute atomic E-state index is 12.0. The fraction of sp³-hybridized carbons (Fsp3) is 0.333. The third kappa shape index (κ3) is 4.59. The molecule has 2 rings (SSSR count). The van der Waals surface area contributed by atoms with Crippen molar-refractivity contribution >= 4 is 38.3 Å². The van der Waals surface area contributed by atoms with Crippen LogP contribution >= 0.6 is 27.5 Å². The molecular weight excluding hydrogens is 369 g/mol. The van der Waals surface area contributed by atoms with Gasteiger partial charge in [-0.05, 0) is 28.8 Å². The topological polar surface area (TPSA) is 9.23 Å². The zero-order valence-corrected chi connectivity index (χ0v) is 13.3. The first-order valence-electron chi connectivity index (χ1n) is 6.34. The lowest BCUT2D eigenvalue weighted by molar-refractivity contribution is -0.174. The molecule has 0 saturated carbocycles. The number of alkyl halides is 4. The van der Waals surface area contributed by atoms with Gasteiger partial charge in [-0.3, -0.25) is 0 Å². The van der Waals surface area contributed by atoms with Crippen molar-refractivity contribution in [2.45, 2.75) is 18.0 Å². The van der Waals surface area contributed by atoms with E-state index < -0.39 is 18.2 Å². The summed E-state index contributed by atoms with van der Waals surface area (Å²) < 4.78 is 41.5. The van der Waals surface area contributed by atoms with Gasteiger partial charge in [0.15, 0.2) is 0 Å². The molecule has 0 amide bonds. The molecule has 2 aromatic carbocycles. The van der Waals surface area contributed by atoms with Crippen LogP contribution in [0.1, 0.15) is 17.4 Å². The van der Waals surface area contributed by atoms with E-state index in [4.69, 9.17) is 11.6 Å². The van der Waals surface area contributed by atoms with E-state index in [0.29, 0.717) is 6.42 Å². The van der Waals surface area contributed by atoms with E-state index in [0.717, 1.165) is 20.8 Å². The molecule has 0 radical (unpaired) electrons. The second kappa shape index (κ2) is 6.99. The smallest absolute Gasteiger partial charge is 0.372 e. The molecule has 21 heavy (non-hydrogen) atoms. The molecule has 2 aromatic rings. The summed E-state index contributed by atoms with van der Waals surface area (Å²) in [5, 5.41) is 1.62. The Labute approximate surface area is 134 Å². The Morgan fingerprint density at radius 3 is 2.43 bits per heavy atom. The maximum Gasteiger partial charge on any atom is 0.411 e. The zero-order valence-electron chi connectivity index (χ0n) is 11.0. The first-order valence-corrected chi connectivity index (χ1v) is 7.57. The van der Waals surface area contributed by atoms with E-state index in [2.05, 4.69) is 20.7 Å². The van der Waals surface area contributed by atoms with Crippen LogP contribution in [0.3, 0.4) is 0 Å². The molecule has 0 N–H and O–H groups in total. The standard InChI is InChI=1S/C15H13BrClF3O/c16-13-6-5-12(10-3-1-2-4-11(10)13)14(17)7-8-21-9-15(18,19)20/h1-6,14H,7-9H2. The maximum atomic E-state index is 12.0. The zero-order chi connectivity index (χ0) is 15.5. The van der Waals surface area contributed by atoms with E-state index >= 15 is 0 Å². The fourth-order valence-electron chi connectivity index (χ4n) is 2.09. The molecule has 0 aliphatic carbocycles. The molecule has 0 saturated heterocycles. The van der Waals surface area contributed by atoms with Crippen LogP contribution in [-0.2, 0) is 4.74 Å². The summed E-state index contributed by atoms with van der Waals surface area (Å²) >= 11 is 9.78. The second-order valence-corrected chi connectivity index (χ2v) is 5.99. The highest BCUT2D eigenvalue weighted by Crippen LogP contribution is 2.34. The first kappa shape index (κ1) is 16.6. The molecule has 6 heteroatoms. The number of halogens is 5. The minimum atomic E-state index is -4.30. The van der Waals surface area contributed by atoms with Crippen molar-refractivity contribution in [1.29, 1.82) is 0 Å². The Bertz CT molecular complexity index is 615. The molecular formula is C15H13BrClF3O. The van der Waals surface area contributed by atoms with Crippen LogP contribution in [0, 0.1) is 0 Å². The van der Waals surface area contributed by atoms with E-state index in [1.165, 1.54) is 0 Å². The van der Waals surface area contributed by atoms with Gasteiger partial charge in [-0.1, -0.05) is 46.3 Å². The van der Waals surface area contributed by atoms with Crippen LogP contribution in [0.2, 0.25) is 0 Å². The van der Waals surface area contributed by atoms with Gasteiger partial charge in [-0.25, -0.2) is 0 Å². The highest BCUT2D eigenvalue weighted by Gasteiger charge is 2.27. The lowest BCUT2D eigenvalue weighted by atomic mass is 10.0. The highest BCUT2D eigenvalue weighted by atomic mass is 79.9. The van der Waals surface area contributed by atoms with E-state index in [1.54, 1.807) is 0 Å². The normalized spacial score (nSPS) is 13.6. The average Bonchev–Trinajstić information content (AvgIpc) is 2.43. The molecule has 0 heterocycles. The van der Waals surface area contributed by atoms with Crippen LogP contribution in [0.5, 0.6) is 0 Å². The minimum Gasteiger partial charge on any atom is -0.372 e. The molecule has 114 valence electrons. The molecule has 1 nitrogen and oxygen atoms in total. The monoisotopic (exact) mass is 380 g/mol. The van der Waals surface area contributed by atoms with E-state index in [-0.39, 0.29) is 6.61 Å². The molecule has 0 fully saturated rings. The number of ether oxygens (including phenoxy) is 1. The number of hydrogen-bond donors (Lipinski definition) is 0. The van der Waals surface area contributed by atoms with E-state index in [9.17, 15) is 13.2 Å². The van der Waals surface area contributed by atoms with Gasteiger partial charge in [0, 0.05) is 11.1 Å². The van der Waals surface area contributed by atoms with Crippen LogP contribution < -0.4 is 0 Å². The average molecular weight is 382 g/mol. The molecule has 0 aromatic heterocycles. The van der Waals surface area contributed by atoms with E-state index in [1.807, 2.05) is 36.4 Å². The van der Waals surface area contributed by atoms with Crippen LogP contribution in [0.25, 0.3) is 10.8 Å². The summed E-state index contributed by atoms with van der Waals surface area (Å²) in [7, 11) is 0. The van der Waals surface area contributed by atoms with Gasteiger partial charge in [0.25, 0.3) is 0 Å². The molecule has 0 aliphatic heterocycles. The van der Waals surface area contributed by atoms with Crippen molar-refractivity contribution < 1.29 is 17.9 Å². The number of fused-ring (bicyclic) bond motifs is 1. The molecule has 0 spiro atoms. The summed E-state index contributed by atoms with van der Waals surface area (Å²) in [6.45, 7) is -1.27. The quantitative estimate of drug-likeness (QED) is 0.466. The fourth-order valence-corrected chi connectivity index (χ4v) is 2.85. The van der Waals surface area contributed by atoms with Gasteiger partial charge < -0.3 is 4.74 Å². The van der Waals surface area contributed by atoms with Gasteiger partial charge in [0.2, 0.25) is 0 Å². The van der Waals surface area contributed by atoms with Crippen LogP contribution in [0.4, 0.5) is 13.2 Å². The van der Waals surface area contributed by atoms with Gasteiger partial charge in [0.1, 0.15) is 6.61 Å². The van der Waals surface area contributed by atoms with Gasteiger partial charge in [-0.15, -0.1) is 11.6 Å². The largest absolute Gasteiger partial charge is 0.411 e. The van der Waals surface area contributed by atoms with Crippen molar-refractivity contribution in [3.63, 3.8) is 0 Å². The SMILES string of the molecule is FC(F)(F)COCCC(Cl)c1ccc(Br)c2ccccc12. The first-order chi connectivity index (χ1) is 9.88. The van der Waals surface area contributed by atoms with Gasteiger partial charge in [-0.2, -0.15) is 13.2 Å². The number of hydrogen-bond acceptors (Lipinski definition) is 1. The predicted octanol–water partition coefficient (Wildman–Crippen LogP) is 5.85. The summed E-state index contributed by atoms with van der Waals surface area (Å²) in [5.74, 6) is 0. The minimum absolute atomic E-state index is 0.0297. The van der Waals surface area contributed by atoms with Gasteiger partial charge in [0.05, 0.1) is 5.38 Å². The molecule has 1 unspecified atom stereocenters. The summed E-state index contributed by atoms with van der Waals surface area (Å²) in [6.07, 6.45) is -3.98. The van der Waals surface area contributed by atoms with Crippen molar-refractivity contribution in [3.05, 3.63) is 46.4 Å². The third-order valence-electron chi connectivity index (χ3n) is 3.02. The van der Waals surface area contributed by atoms with Crippen molar-refractivity contribution in [1.82, 2.24) is 0 Å². The van der Waals surface area contributed by atoms with Crippen molar-refractivity contribution in [3.8, 4) is 0 Å². The predicted molar refractivity (Wildman–Crippen MR) is 81.7 cm³/mol. The summed E-state index contributed by atoms with van der Waals surface area (Å²) in [4.78, 5) is 0. The van der Waals surface area contributed by atoms with Gasteiger partial charge >= 0.3 is 6.18 Å². The lowest BCUT2D eigenvalue weighted by Crippen LogP contribution is -2.17. The Morgan fingerprint density at radius 1 is 1.10 bits per heavy atom. The Morgan fingerprint density at radius 2 is 1.76 bits per heavy atom. The van der Waals surface area contributed by atoms with Crippen molar-refractivity contribution in [2.24, 2.45) is 0 Å².